The standard InChI is InChI=1S/C17H21ClN4O2/c1-3-4-5-10-19-16-9-7-14(21-22-16)17(23)20-12-6-8-15(24-2)13(18)11-12/h6-9,11H,3-5,10H2,1-2H3,(H,19,22)(H,20,23). The third-order valence-corrected chi connectivity index (χ3v) is 3.69. The molecule has 0 spiro atoms. The van der Waals surface area contributed by atoms with Gasteiger partial charge >= 0.3 is 0 Å². The zero-order valence-corrected chi connectivity index (χ0v) is 14.6. The zero-order chi connectivity index (χ0) is 17.4. The molecule has 0 aliphatic carbocycles. The minimum Gasteiger partial charge on any atom is -0.495 e. The van der Waals surface area contributed by atoms with Gasteiger partial charge in [-0.15, -0.1) is 10.2 Å². The van der Waals surface area contributed by atoms with Crippen molar-refractivity contribution in [1.82, 2.24) is 10.2 Å². The van der Waals surface area contributed by atoms with Gasteiger partial charge in [-0.1, -0.05) is 31.4 Å². The number of aromatic nitrogens is 2. The predicted molar refractivity (Wildman–Crippen MR) is 96.0 cm³/mol. The molecular formula is C17H21ClN4O2. The van der Waals surface area contributed by atoms with Gasteiger partial charge in [0.1, 0.15) is 11.6 Å². The van der Waals surface area contributed by atoms with E-state index < -0.39 is 0 Å². The number of hydrogen-bond donors (Lipinski definition) is 2. The van der Waals surface area contributed by atoms with Gasteiger partial charge in [-0.2, -0.15) is 0 Å². The molecule has 1 amide bonds. The second-order valence-electron chi connectivity index (χ2n) is 5.24. The quantitative estimate of drug-likeness (QED) is 0.705. The fraction of sp³-hybridized carbons (Fsp3) is 0.353. The van der Waals surface area contributed by atoms with Crippen molar-refractivity contribution in [2.45, 2.75) is 26.2 Å². The van der Waals surface area contributed by atoms with Crippen LogP contribution in [-0.4, -0.2) is 29.8 Å². The van der Waals surface area contributed by atoms with E-state index in [2.05, 4.69) is 27.8 Å². The molecule has 0 aliphatic heterocycles. The number of nitrogens with one attached hydrogen (secondary N) is 2. The van der Waals surface area contributed by atoms with Crippen LogP contribution in [0.15, 0.2) is 30.3 Å². The minimum absolute atomic E-state index is 0.237. The number of hydrogen-bond acceptors (Lipinski definition) is 5. The largest absolute Gasteiger partial charge is 0.495 e. The van der Waals surface area contributed by atoms with E-state index in [1.54, 1.807) is 30.3 Å². The van der Waals surface area contributed by atoms with E-state index in [1.165, 1.54) is 20.0 Å². The van der Waals surface area contributed by atoms with Crippen molar-refractivity contribution in [2.24, 2.45) is 0 Å². The van der Waals surface area contributed by atoms with E-state index in [-0.39, 0.29) is 11.6 Å². The Morgan fingerprint density at radius 3 is 2.67 bits per heavy atom. The van der Waals surface area contributed by atoms with E-state index in [0.29, 0.717) is 22.3 Å². The van der Waals surface area contributed by atoms with Crippen molar-refractivity contribution in [1.29, 1.82) is 0 Å². The summed E-state index contributed by atoms with van der Waals surface area (Å²) in [5.74, 6) is 0.865. The second-order valence-corrected chi connectivity index (χ2v) is 5.65. The van der Waals surface area contributed by atoms with Crippen LogP contribution in [0.5, 0.6) is 5.75 Å². The van der Waals surface area contributed by atoms with Gasteiger partial charge in [0.25, 0.3) is 5.91 Å². The van der Waals surface area contributed by atoms with E-state index in [4.69, 9.17) is 16.3 Å². The molecule has 7 heteroatoms. The number of ether oxygens (including phenoxy) is 1. The van der Waals surface area contributed by atoms with Crippen LogP contribution in [0, 0.1) is 0 Å². The number of amides is 1. The zero-order valence-electron chi connectivity index (χ0n) is 13.8. The molecular weight excluding hydrogens is 328 g/mol. The highest BCUT2D eigenvalue weighted by atomic mass is 35.5. The topological polar surface area (TPSA) is 76.1 Å². The summed E-state index contributed by atoms with van der Waals surface area (Å²) in [6.45, 7) is 3.00. The fourth-order valence-corrected chi connectivity index (χ4v) is 2.34. The number of carbonyl (C=O) groups excluding carboxylic acids is 1. The Balaban J connectivity index is 1.93. The summed E-state index contributed by atoms with van der Waals surface area (Å²) in [6, 6.07) is 8.40. The van der Waals surface area contributed by atoms with Crippen molar-refractivity contribution in [3.63, 3.8) is 0 Å². The molecule has 0 bridgehead atoms. The third kappa shape index (κ3) is 5.09. The third-order valence-electron chi connectivity index (χ3n) is 3.39. The van der Waals surface area contributed by atoms with Crippen LogP contribution < -0.4 is 15.4 Å². The van der Waals surface area contributed by atoms with Crippen molar-refractivity contribution in [3.8, 4) is 5.75 Å². The first-order valence-electron chi connectivity index (χ1n) is 7.86. The van der Waals surface area contributed by atoms with Gasteiger partial charge < -0.3 is 15.4 Å². The number of anilines is 2. The number of benzene rings is 1. The van der Waals surface area contributed by atoms with Crippen LogP contribution in [0.4, 0.5) is 11.5 Å². The van der Waals surface area contributed by atoms with Gasteiger partial charge in [0.2, 0.25) is 0 Å². The second kappa shape index (κ2) is 9.08. The van der Waals surface area contributed by atoms with Crippen LogP contribution >= 0.6 is 11.6 Å². The SMILES string of the molecule is CCCCCNc1ccc(C(=O)Nc2ccc(OC)c(Cl)c2)nn1. The van der Waals surface area contributed by atoms with E-state index in [0.717, 1.165) is 13.0 Å². The van der Waals surface area contributed by atoms with Crippen molar-refractivity contribution in [2.75, 3.05) is 24.3 Å². The van der Waals surface area contributed by atoms with E-state index in [1.807, 2.05) is 0 Å². The van der Waals surface area contributed by atoms with Crippen LogP contribution in [0.25, 0.3) is 0 Å². The highest BCUT2D eigenvalue weighted by Gasteiger charge is 2.10. The Kier molecular flexibility index (Phi) is 6.81. The van der Waals surface area contributed by atoms with Crippen LogP contribution in [0.2, 0.25) is 5.02 Å². The Morgan fingerprint density at radius 1 is 1.21 bits per heavy atom. The average Bonchev–Trinajstić information content (AvgIpc) is 2.59. The number of halogens is 1. The fourth-order valence-electron chi connectivity index (χ4n) is 2.08. The van der Waals surface area contributed by atoms with Crippen molar-refractivity contribution in [3.05, 3.63) is 41.0 Å². The van der Waals surface area contributed by atoms with Crippen molar-refractivity contribution >= 4 is 29.0 Å². The van der Waals surface area contributed by atoms with E-state index >= 15 is 0 Å². The molecule has 1 aromatic heterocycles. The number of unbranched alkanes of at least 4 members (excludes halogenated alkanes) is 2. The average molecular weight is 349 g/mol. The molecule has 1 aromatic carbocycles. The summed E-state index contributed by atoms with van der Waals surface area (Å²) in [4.78, 5) is 12.2. The molecule has 2 rings (SSSR count). The molecule has 1 heterocycles. The van der Waals surface area contributed by atoms with Crippen LogP contribution in [0.1, 0.15) is 36.7 Å². The Labute approximate surface area is 146 Å². The van der Waals surface area contributed by atoms with Gasteiger partial charge in [0.05, 0.1) is 12.1 Å². The smallest absolute Gasteiger partial charge is 0.276 e. The molecule has 0 saturated carbocycles. The maximum absolute atomic E-state index is 12.2. The first kappa shape index (κ1) is 18.0. The molecule has 0 fully saturated rings. The van der Waals surface area contributed by atoms with Crippen molar-refractivity contribution < 1.29 is 9.53 Å². The summed E-state index contributed by atoms with van der Waals surface area (Å²) < 4.78 is 5.08. The molecule has 128 valence electrons. The Morgan fingerprint density at radius 2 is 2.04 bits per heavy atom. The summed E-state index contributed by atoms with van der Waals surface area (Å²) in [7, 11) is 1.53. The number of carbonyl (C=O) groups is 1. The molecule has 24 heavy (non-hydrogen) atoms. The van der Waals surface area contributed by atoms with E-state index in [9.17, 15) is 4.79 Å². The molecule has 0 aliphatic rings. The summed E-state index contributed by atoms with van der Waals surface area (Å²) in [5, 5.41) is 14.3. The number of rotatable bonds is 8. The molecule has 0 saturated heterocycles. The molecule has 6 nitrogen and oxygen atoms in total. The van der Waals surface area contributed by atoms with Crippen LogP contribution in [-0.2, 0) is 0 Å². The molecule has 0 unspecified atom stereocenters. The van der Waals surface area contributed by atoms with Gasteiger partial charge in [-0.05, 0) is 36.8 Å². The monoisotopic (exact) mass is 348 g/mol. The Hall–Kier alpha value is -2.34. The first-order chi connectivity index (χ1) is 11.6. The molecule has 0 atom stereocenters. The lowest BCUT2D eigenvalue weighted by Gasteiger charge is -2.08. The lowest BCUT2D eigenvalue weighted by molar-refractivity contribution is 0.102. The normalized spacial score (nSPS) is 10.3. The number of nitrogens with zero attached hydrogens (tertiary/aromatic N) is 2. The highest BCUT2D eigenvalue weighted by Crippen LogP contribution is 2.27. The number of methoxy groups -OCH3 is 1. The Bertz CT molecular complexity index is 677. The summed E-state index contributed by atoms with van der Waals surface area (Å²) in [5.41, 5.74) is 0.801. The molecule has 2 N–H and O–H groups in total. The highest BCUT2D eigenvalue weighted by molar-refractivity contribution is 6.32. The maximum atomic E-state index is 12.2. The van der Waals surface area contributed by atoms with Gasteiger partial charge in [-0.3, -0.25) is 4.79 Å². The molecule has 0 radical (unpaired) electrons. The van der Waals surface area contributed by atoms with Crippen LogP contribution in [0.3, 0.4) is 0 Å². The maximum Gasteiger partial charge on any atom is 0.276 e. The van der Waals surface area contributed by atoms with Gasteiger partial charge in [0, 0.05) is 12.2 Å². The summed E-state index contributed by atoms with van der Waals surface area (Å²) >= 11 is 6.04. The minimum atomic E-state index is -0.346. The summed E-state index contributed by atoms with van der Waals surface area (Å²) in [6.07, 6.45) is 3.42. The lowest BCUT2D eigenvalue weighted by Crippen LogP contribution is -2.15. The molecule has 2 aromatic rings. The van der Waals surface area contributed by atoms with Gasteiger partial charge in [0.15, 0.2) is 5.69 Å². The first-order valence-corrected chi connectivity index (χ1v) is 8.24. The predicted octanol–water partition coefficient (Wildman–Crippen LogP) is 3.99. The lowest BCUT2D eigenvalue weighted by atomic mass is 10.2. The van der Waals surface area contributed by atoms with Gasteiger partial charge in [-0.25, -0.2) is 0 Å².